The number of aliphatic carboxylic acids is 1. The van der Waals surface area contributed by atoms with Crippen molar-refractivity contribution in [3.63, 3.8) is 0 Å². The molecule has 1 rings (SSSR count). The third kappa shape index (κ3) is 5.16. The number of carboxylic acids is 1. The van der Waals surface area contributed by atoms with Crippen LogP contribution in [0, 0.1) is 5.92 Å². The summed E-state index contributed by atoms with van der Waals surface area (Å²) in [5, 5.41) is 11.3. The highest BCUT2D eigenvalue weighted by atomic mass is 16.4. The van der Waals surface area contributed by atoms with Crippen LogP contribution in [0.5, 0.6) is 0 Å². The van der Waals surface area contributed by atoms with Gasteiger partial charge in [-0.2, -0.15) is 0 Å². The largest absolute Gasteiger partial charge is 0.481 e. The minimum absolute atomic E-state index is 0.0324. The topological polar surface area (TPSA) is 86.7 Å². The van der Waals surface area contributed by atoms with E-state index in [0.29, 0.717) is 25.6 Å². The summed E-state index contributed by atoms with van der Waals surface area (Å²) < 4.78 is 0. The highest BCUT2D eigenvalue weighted by Crippen LogP contribution is 2.17. The molecular weight excluding hydrogens is 236 g/mol. The summed E-state index contributed by atoms with van der Waals surface area (Å²) in [4.78, 5) is 34.5. The molecule has 0 aromatic carbocycles. The molecule has 2 N–H and O–H groups in total. The molecule has 1 aliphatic heterocycles. The van der Waals surface area contributed by atoms with Crippen molar-refractivity contribution in [1.82, 2.24) is 10.2 Å². The van der Waals surface area contributed by atoms with Gasteiger partial charge < -0.3 is 15.3 Å². The number of rotatable bonds is 5. The molecule has 1 fully saturated rings. The number of nitrogens with zero attached hydrogens (tertiary/aromatic N) is 1. The normalized spacial score (nSPS) is 16.4. The zero-order valence-corrected chi connectivity index (χ0v) is 10.6. The van der Waals surface area contributed by atoms with Crippen LogP contribution in [0.3, 0.4) is 0 Å². The second-order valence-corrected chi connectivity index (χ2v) is 4.65. The van der Waals surface area contributed by atoms with Gasteiger partial charge in [0.25, 0.3) is 0 Å². The lowest BCUT2D eigenvalue weighted by atomic mass is 9.96. The van der Waals surface area contributed by atoms with E-state index in [1.807, 2.05) is 0 Å². The molecule has 0 atom stereocenters. The van der Waals surface area contributed by atoms with Gasteiger partial charge in [0.1, 0.15) is 0 Å². The monoisotopic (exact) mass is 256 g/mol. The summed E-state index contributed by atoms with van der Waals surface area (Å²) in [5.41, 5.74) is 0. The maximum atomic E-state index is 11.7. The van der Waals surface area contributed by atoms with Crippen LogP contribution in [-0.4, -0.2) is 47.4 Å². The van der Waals surface area contributed by atoms with Crippen molar-refractivity contribution in [3.05, 3.63) is 0 Å². The molecule has 0 bridgehead atoms. The summed E-state index contributed by atoms with van der Waals surface area (Å²) in [6.07, 6.45) is 1.69. The first kappa shape index (κ1) is 14.5. The molecule has 0 saturated carbocycles. The van der Waals surface area contributed by atoms with Crippen LogP contribution in [-0.2, 0) is 14.4 Å². The molecule has 1 aliphatic rings. The van der Waals surface area contributed by atoms with Gasteiger partial charge in [0.15, 0.2) is 0 Å². The van der Waals surface area contributed by atoms with Crippen molar-refractivity contribution in [2.24, 2.45) is 5.92 Å². The van der Waals surface area contributed by atoms with Crippen LogP contribution in [0.4, 0.5) is 0 Å². The van der Waals surface area contributed by atoms with E-state index in [0.717, 1.165) is 12.8 Å². The van der Waals surface area contributed by atoms with Gasteiger partial charge in [0, 0.05) is 33.0 Å². The Hall–Kier alpha value is -1.59. The van der Waals surface area contributed by atoms with Crippen LogP contribution in [0.2, 0.25) is 0 Å². The molecule has 6 nitrogen and oxygen atoms in total. The second-order valence-electron chi connectivity index (χ2n) is 4.65. The van der Waals surface area contributed by atoms with E-state index in [-0.39, 0.29) is 24.7 Å². The summed E-state index contributed by atoms with van der Waals surface area (Å²) in [5.74, 6) is -0.647. The number of carboxylic acid groups (broad SMARTS) is 1. The lowest BCUT2D eigenvalue weighted by Crippen LogP contribution is -2.41. The SMILES string of the molecule is CC(=O)NCC1CCN(C(=O)CCC(=O)O)CC1. The van der Waals surface area contributed by atoms with Crippen LogP contribution < -0.4 is 5.32 Å². The fraction of sp³-hybridized carbons (Fsp3) is 0.750. The zero-order valence-electron chi connectivity index (χ0n) is 10.6. The number of nitrogens with one attached hydrogen (secondary N) is 1. The Kier molecular flexibility index (Phi) is 5.61. The number of hydrogen-bond donors (Lipinski definition) is 2. The molecule has 1 heterocycles. The minimum atomic E-state index is -0.941. The summed E-state index contributed by atoms with van der Waals surface area (Å²) in [6, 6.07) is 0. The van der Waals surface area contributed by atoms with Crippen molar-refractivity contribution in [1.29, 1.82) is 0 Å². The smallest absolute Gasteiger partial charge is 0.303 e. The molecule has 1 saturated heterocycles. The number of carbonyl (C=O) groups excluding carboxylic acids is 2. The highest BCUT2D eigenvalue weighted by Gasteiger charge is 2.22. The van der Waals surface area contributed by atoms with E-state index < -0.39 is 5.97 Å². The van der Waals surface area contributed by atoms with Gasteiger partial charge >= 0.3 is 5.97 Å². The summed E-state index contributed by atoms with van der Waals surface area (Å²) >= 11 is 0. The van der Waals surface area contributed by atoms with Crippen LogP contribution in [0.1, 0.15) is 32.6 Å². The van der Waals surface area contributed by atoms with E-state index in [2.05, 4.69) is 5.32 Å². The maximum Gasteiger partial charge on any atom is 0.303 e. The van der Waals surface area contributed by atoms with Gasteiger partial charge in [0.05, 0.1) is 6.42 Å². The van der Waals surface area contributed by atoms with Gasteiger partial charge in [-0.15, -0.1) is 0 Å². The lowest BCUT2D eigenvalue weighted by molar-refractivity contribution is -0.141. The van der Waals surface area contributed by atoms with Crippen molar-refractivity contribution in [3.8, 4) is 0 Å². The van der Waals surface area contributed by atoms with E-state index >= 15 is 0 Å². The molecule has 2 amide bonds. The van der Waals surface area contributed by atoms with Gasteiger partial charge in [-0.1, -0.05) is 0 Å². The van der Waals surface area contributed by atoms with E-state index in [9.17, 15) is 14.4 Å². The zero-order chi connectivity index (χ0) is 13.5. The Morgan fingerprint density at radius 2 is 1.83 bits per heavy atom. The lowest BCUT2D eigenvalue weighted by Gasteiger charge is -2.32. The predicted octanol–water partition coefficient (Wildman–Crippen LogP) is 0.226. The molecule has 0 unspecified atom stereocenters. The first-order chi connectivity index (χ1) is 8.49. The van der Waals surface area contributed by atoms with Crippen molar-refractivity contribution >= 4 is 17.8 Å². The Labute approximate surface area is 106 Å². The Morgan fingerprint density at radius 3 is 2.33 bits per heavy atom. The summed E-state index contributed by atoms with van der Waals surface area (Å²) in [6.45, 7) is 3.46. The van der Waals surface area contributed by atoms with Crippen molar-refractivity contribution < 1.29 is 19.5 Å². The van der Waals surface area contributed by atoms with E-state index in [1.165, 1.54) is 6.92 Å². The molecule has 0 aliphatic carbocycles. The van der Waals surface area contributed by atoms with Crippen molar-refractivity contribution in [2.75, 3.05) is 19.6 Å². The third-order valence-electron chi connectivity index (χ3n) is 3.16. The maximum absolute atomic E-state index is 11.7. The predicted molar refractivity (Wildman–Crippen MR) is 64.9 cm³/mol. The molecule has 0 radical (unpaired) electrons. The quantitative estimate of drug-likeness (QED) is 0.737. The average molecular weight is 256 g/mol. The molecule has 6 heteroatoms. The summed E-state index contributed by atoms with van der Waals surface area (Å²) in [7, 11) is 0. The number of amides is 2. The van der Waals surface area contributed by atoms with E-state index in [1.54, 1.807) is 4.90 Å². The number of piperidine rings is 1. The van der Waals surface area contributed by atoms with E-state index in [4.69, 9.17) is 5.11 Å². The first-order valence-electron chi connectivity index (χ1n) is 6.23. The van der Waals surface area contributed by atoms with Crippen LogP contribution in [0.15, 0.2) is 0 Å². The fourth-order valence-electron chi connectivity index (χ4n) is 2.05. The molecule has 18 heavy (non-hydrogen) atoms. The number of hydrogen-bond acceptors (Lipinski definition) is 3. The van der Waals surface area contributed by atoms with Crippen LogP contribution >= 0.6 is 0 Å². The Morgan fingerprint density at radius 1 is 1.22 bits per heavy atom. The number of likely N-dealkylation sites (tertiary alicyclic amines) is 1. The Balaban J connectivity index is 2.24. The van der Waals surface area contributed by atoms with Crippen molar-refractivity contribution in [2.45, 2.75) is 32.6 Å². The van der Waals surface area contributed by atoms with Crippen LogP contribution in [0.25, 0.3) is 0 Å². The third-order valence-corrected chi connectivity index (χ3v) is 3.16. The minimum Gasteiger partial charge on any atom is -0.481 e. The molecule has 0 aromatic rings. The first-order valence-corrected chi connectivity index (χ1v) is 6.23. The highest BCUT2D eigenvalue weighted by molar-refractivity contribution is 5.80. The van der Waals surface area contributed by atoms with Gasteiger partial charge in [-0.05, 0) is 18.8 Å². The molecule has 0 aromatic heterocycles. The molecule has 0 spiro atoms. The Bertz CT molecular complexity index is 322. The molecule has 102 valence electrons. The fourth-order valence-corrected chi connectivity index (χ4v) is 2.05. The standard InChI is InChI=1S/C12H20N2O4/c1-9(15)13-8-10-4-6-14(7-5-10)11(16)2-3-12(17)18/h10H,2-8H2,1H3,(H,13,15)(H,17,18). The number of carbonyl (C=O) groups is 3. The van der Waals surface area contributed by atoms with Gasteiger partial charge in [-0.25, -0.2) is 0 Å². The van der Waals surface area contributed by atoms with Gasteiger partial charge in [-0.3, -0.25) is 14.4 Å². The second kappa shape index (κ2) is 6.98. The molecular formula is C12H20N2O4. The van der Waals surface area contributed by atoms with Gasteiger partial charge in [0.2, 0.25) is 11.8 Å². The average Bonchev–Trinajstić information content (AvgIpc) is 2.34.